The first-order valence-electron chi connectivity index (χ1n) is 10.0. The molecular formula is C23H19F2N3O4S. The zero-order chi connectivity index (χ0) is 23.0. The molecule has 1 N–H and O–H groups in total. The fraction of sp³-hybridized carbons (Fsp3) is 0.217. The van der Waals surface area contributed by atoms with E-state index >= 15 is 0 Å². The maximum Gasteiger partial charge on any atom is 0.586 e. The molecule has 0 radical (unpaired) electrons. The lowest BCUT2D eigenvalue weighted by Gasteiger charge is -2.15. The lowest BCUT2D eigenvalue weighted by atomic mass is 10.2. The summed E-state index contributed by atoms with van der Waals surface area (Å²) in [5, 5.41) is 0.616. The normalized spacial score (nSPS) is 13.9. The van der Waals surface area contributed by atoms with Crippen molar-refractivity contribution in [3.63, 3.8) is 0 Å². The van der Waals surface area contributed by atoms with E-state index in [9.17, 15) is 8.78 Å². The van der Waals surface area contributed by atoms with Gasteiger partial charge >= 0.3 is 6.29 Å². The number of methoxy groups -OCH3 is 1. The number of H-pyrrole nitrogens is 1. The molecule has 2 aromatic heterocycles. The summed E-state index contributed by atoms with van der Waals surface area (Å²) in [4.78, 5) is 12.1. The van der Waals surface area contributed by atoms with Crippen LogP contribution in [0, 0.1) is 6.92 Å². The number of ether oxygens (including phenoxy) is 4. The van der Waals surface area contributed by atoms with E-state index in [0.29, 0.717) is 40.0 Å². The van der Waals surface area contributed by atoms with E-state index < -0.39 is 6.29 Å². The molecule has 4 aromatic rings. The van der Waals surface area contributed by atoms with Gasteiger partial charge in [0.25, 0.3) is 0 Å². The standard InChI is InChI=1S/C23H19F2N3O4S/c1-13-17(26-10-20(21(13)29-2)30-11-14-6-4-3-5-7-14)12-33-22-27-15-8-18-19(9-16(15)28-22)32-23(24,25)31-18/h3-10H,11-12H2,1-2H3,(H,27,28). The van der Waals surface area contributed by atoms with Crippen molar-refractivity contribution in [3.05, 3.63) is 65.5 Å². The van der Waals surface area contributed by atoms with Gasteiger partial charge in [-0.05, 0) is 12.5 Å². The molecule has 33 heavy (non-hydrogen) atoms. The van der Waals surface area contributed by atoms with Crippen LogP contribution < -0.4 is 18.9 Å². The van der Waals surface area contributed by atoms with Crippen LogP contribution in [0.2, 0.25) is 0 Å². The number of hydrogen-bond acceptors (Lipinski definition) is 7. The minimum absolute atomic E-state index is 0.0268. The van der Waals surface area contributed by atoms with Gasteiger partial charge in [-0.1, -0.05) is 42.1 Å². The van der Waals surface area contributed by atoms with Gasteiger partial charge < -0.3 is 23.9 Å². The number of imidazole rings is 1. The Hall–Kier alpha value is -3.53. The predicted octanol–water partition coefficient (Wildman–Crippen LogP) is 5.47. The molecule has 0 saturated heterocycles. The van der Waals surface area contributed by atoms with E-state index in [2.05, 4.69) is 24.4 Å². The number of benzene rings is 2. The van der Waals surface area contributed by atoms with Gasteiger partial charge in [-0.25, -0.2) is 4.98 Å². The van der Waals surface area contributed by atoms with E-state index in [1.54, 1.807) is 13.3 Å². The average Bonchev–Trinajstić information content (AvgIpc) is 3.32. The Morgan fingerprint density at radius 2 is 1.88 bits per heavy atom. The summed E-state index contributed by atoms with van der Waals surface area (Å²) in [6.07, 6.45) is -2.00. The quantitative estimate of drug-likeness (QED) is 0.358. The summed E-state index contributed by atoms with van der Waals surface area (Å²) >= 11 is 1.43. The Bertz CT molecular complexity index is 1270. The molecule has 1 aliphatic rings. The number of aromatic nitrogens is 3. The number of nitrogens with zero attached hydrogens (tertiary/aromatic N) is 2. The summed E-state index contributed by atoms with van der Waals surface area (Å²) in [5.41, 5.74) is 3.81. The SMILES string of the molecule is COc1c(OCc2ccccc2)cnc(CSc2nc3cc4c(cc3[nH]2)OC(F)(F)O4)c1C. The van der Waals surface area contributed by atoms with Crippen molar-refractivity contribution < 1.29 is 27.7 Å². The van der Waals surface area contributed by atoms with Crippen LogP contribution in [-0.4, -0.2) is 28.4 Å². The Kier molecular flexibility index (Phi) is 5.45. The molecule has 0 unspecified atom stereocenters. The van der Waals surface area contributed by atoms with Crippen LogP contribution in [0.4, 0.5) is 8.78 Å². The number of pyridine rings is 1. The summed E-state index contributed by atoms with van der Waals surface area (Å²) in [6, 6.07) is 12.7. The highest BCUT2D eigenvalue weighted by Crippen LogP contribution is 2.43. The van der Waals surface area contributed by atoms with Crippen LogP contribution in [0.25, 0.3) is 11.0 Å². The molecule has 5 rings (SSSR count). The number of halogens is 2. The molecule has 0 atom stereocenters. The molecule has 0 saturated carbocycles. The molecule has 10 heteroatoms. The van der Waals surface area contributed by atoms with E-state index in [0.717, 1.165) is 16.8 Å². The summed E-state index contributed by atoms with van der Waals surface area (Å²) in [6.45, 7) is 2.34. The predicted molar refractivity (Wildman–Crippen MR) is 118 cm³/mol. The van der Waals surface area contributed by atoms with Gasteiger partial charge in [-0.15, -0.1) is 8.78 Å². The fourth-order valence-corrected chi connectivity index (χ4v) is 4.39. The van der Waals surface area contributed by atoms with Crippen LogP contribution in [0.5, 0.6) is 23.0 Å². The molecular weight excluding hydrogens is 452 g/mol. The van der Waals surface area contributed by atoms with Crippen molar-refractivity contribution in [3.8, 4) is 23.0 Å². The van der Waals surface area contributed by atoms with Crippen molar-refractivity contribution in [2.45, 2.75) is 30.7 Å². The first kappa shape index (κ1) is 21.3. The van der Waals surface area contributed by atoms with Crippen LogP contribution in [-0.2, 0) is 12.4 Å². The van der Waals surface area contributed by atoms with Crippen LogP contribution in [0.3, 0.4) is 0 Å². The van der Waals surface area contributed by atoms with Crippen LogP contribution in [0.1, 0.15) is 16.8 Å². The summed E-state index contributed by atoms with van der Waals surface area (Å²) in [7, 11) is 1.60. The van der Waals surface area contributed by atoms with Crippen molar-refractivity contribution in [1.29, 1.82) is 0 Å². The Morgan fingerprint density at radius 3 is 2.64 bits per heavy atom. The van der Waals surface area contributed by atoms with E-state index in [-0.39, 0.29) is 11.5 Å². The third-order valence-electron chi connectivity index (χ3n) is 5.10. The zero-order valence-corrected chi connectivity index (χ0v) is 18.5. The van der Waals surface area contributed by atoms with E-state index in [4.69, 9.17) is 9.47 Å². The summed E-state index contributed by atoms with van der Waals surface area (Å²) in [5.74, 6) is 1.66. The zero-order valence-electron chi connectivity index (χ0n) is 17.7. The number of nitrogens with one attached hydrogen (secondary N) is 1. The first-order chi connectivity index (χ1) is 15.9. The number of aromatic amines is 1. The second-order valence-corrected chi connectivity index (χ2v) is 8.28. The van der Waals surface area contributed by atoms with Crippen LogP contribution in [0.15, 0.2) is 53.8 Å². The highest BCUT2D eigenvalue weighted by atomic mass is 32.2. The second-order valence-electron chi connectivity index (χ2n) is 7.32. The third kappa shape index (κ3) is 4.38. The molecule has 0 spiro atoms. The number of rotatable bonds is 7. The van der Waals surface area contributed by atoms with Gasteiger partial charge in [0.15, 0.2) is 28.2 Å². The molecule has 2 aromatic carbocycles. The van der Waals surface area contributed by atoms with Crippen molar-refractivity contribution in [1.82, 2.24) is 15.0 Å². The van der Waals surface area contributed by atoms with Gasteiger partial charge in [0, 0.05) is 23.4 Å². The number of fused-ring (bicyclic) bond motifs is 2. The molecule has 0 amide bonds. The topological polar surface area (TPSA) is 78.5 Å². The lowest BCUT2D eigenvalue weighted by Crippen LogP contribution is -2.25. The maximum atomic E-state index is 13.2. The molecule has 0 fully saturated rings. The number of alkyl halides is 2. The monoisotopic (exact) mass is 471 g/mol. The van der Waals surface area contributed by atoms with Crippen molar-refractivity contribution >= 4 is 22.8 Å². The Morgan fingerprint density at radius 1 is 1.12 bits per heavy atom. The van der Waals surface area contributed by atoms with Gasteiger partial charge in [-0.3, -0.25) is 4.98 Å². The molecule has 0 aliphatic carbocycles. The van der Waals surface area contributed by atoms with Crippen molar-refractivity contribution in [2.75, 3.05) is 7.11 Å². The number of thioether (sulfide) groups is 1. The number of hydrogen-bond donors (Lipinski definition) is 1. The maximum absolute atomic E-state index is 13.2. The molecule has 1 aliphatic heterocycles. The van der Waals surface area contributed by atoms with Gasteiger partial charge in [0.1, 0.15) is 6.61 Å². The average molecular weight is 471 g/mol. The highest BCUT2D eigenvalue weighted by molar-refractivity contribution is 7.98. The lowest BCUT2D eigenvalue weighted by molar-refractivity contribution is -0.286. The van der Waals surface area contributed by atoms with Gasteiger partial charge in [-0.2, -0.15) is 0 Å². The largest absolute Gasteiger partial charge is 0.586 e. The minimum Gasteiger partial charge on any atom is -0.492 e. The van der Waals surface area contributed by atoms with Gasteiger partial charge in [0.05, 0.1) is 30.0 Å². The molecule has 7 nitrogen and oxygen atoms in total. The molecule has 3 heterocycles. The third-order valence-corrected chi connectivity index (χ3v) is 5.99. The first-order valence-corrected chi connectivity index (χ1v) is 11.0. The Labute approximate surface area is 192 Å². The minimum atomic E-state index is -3.65. The summed E-state index contributed by atoms with van der Waals surface area (Å²) < 4.78 is 47.0. The van der Waals surface area contributed by atoms with Crippen molar-refractivity contribution in [2.24, 2.45) is 0 Å². The van der Waals surface area contributed by atoms with Crippen LogP contribution >= 0.6 is 11.8 Å². The van der Waals surface area contributed by atoms with Gasteiger partial charge in [0.2, 0.25) is 0 Å². The fourth-order valence-electron chi connectivity index (χ4n) is 3.48. The van der Waals surface area contributed by atoms with E-state index in [1.165, 1.54) is 23.9 Å². The second kappa shape index (κ2) is 8.43. The highest BCUT2D eigenvalue weighted by Gasteiger charge is 2.43. The molecule has 0 bridgehead atoms. The molecule has 170 valence electrons. The van der Waals surface area contributed by atoms with E-state index in [1.807, 2.05) is 37.3 Å². The Balaban J connectivity index is 1.30. The smallest absolute Gasteiger partial charge is 0.492 e.